The molecule has 4 aromatic heterocycles. The van der Waals surface area contributed by atoms with Crippen molar-refractivity contribution >= 4 is 43.1 Å². The molecule has 0 amide bonds. The Morgan fingerprint density at radius 2 is 1.84 bits per heavy atom. The summed E-state index contributed by atoms with van der Waals surface area (Å²) in [5.74, 6) is 0.844. The molecular weight excluding hydrogens is 348 g/mol. The van der Waals surface area contributed by atoms with Crippen molar-refractivity contribution in [1.82, 2.24) is 15.0 Å². The Labute approximate surface area is 155 Å². The Balaban J connectivity index is 1.80. The largest absolute Gasteiger partial charge is 0.288 e. The molecule has 0 bridgehead atoms. The molecule has 0 saturated carbocycles. The fourth-order valence-electron chi connectivity index (χ4n) is 3.33. The van der Waals surface area contributed by atoms with E-state index >= 15 is 0 Å². The van der Waals surface area contributed by atoms with Gasteiger partial charge >= 0.3 is 0 Å². The van der Waals surface area contributed by atoms with Crippen molar-refractivity contribution in [3.63, 3.8) is 0 Å². The van der Waals surface area contributed by atoms with Gasteiger partial charge in [0.1, 0.15) is 23.4 Å². The van der Waals surface area contributed by atoms with E-state index < -0.39 is 0 Å². The average molecular weight is 370 g/mol. The molecule has 0 aliphatic rings. The normalized spacial score (nSPS) is 12.1. The minimum atomic E-state index is 0.399. The molecule has 0 N–H and O–H groups in total. The molecule has 0 aliphatic heterocycles. The molecule has 4 heterocycles. The summed E-state index contributed by atoms with van der Waals surface area (Å²) in [6, 6.07) is 4.44. The summed E-state index contributed by atoms with van der Waals surface area (Å²) < 4.78 is 2.28. The summed E-state index contributed by atoms with van der Waals surface area (Å²) in [5, 5.41) is 4.58. The topological polar surface area (TPSA) is 42.5 Å². The number of nitrogens with zero attached hydrogens (tertiary/aromatic N) is 4. The fraction of sp³-hybridized carbons (Fsp3) is 0.368. The number of aromatic nitrogens is 4. The van der Waals surface area contributed by atoms with E-state index in [-0.39, 0.29) is 0 Å². The van der Waals surface area contributed by atoms with Crippen LogP contribution in [0.3, 0.4) is 0 Å². The molecule has 0 spiro atoms. The van der Waals surface area contributed by atoms with E-state index in [0.29, 0.717) is 11.8 Å². The van der Waals surface area contributed by atoms with E-state index in [9.17, 15) is 0 Å². The number of thiophene rings is 2. The van der Waals surface area contributed by atoms with E-state index in [2.05, 4.69) is 64.7 Å². The summed E-state index contributed by atoms with van der Waals surface area (Å²) in [5.41, 5.74) is 2.48. The zero-order valence-corrected chi connectivity index (χ0v) is 16.5. The Bertz CT molecular complexity index is 1050. The third-order valence-electron chi connectivity index (χ3n) is 4.38. The minimum Gasteiger partial charge on any atom is -0.240 e. The molecular formula is C19H21N4S2+. The molecule has 4 aromatic rings. The molecule has 128 valence electrons. The highest BCUT2D eigenvalue weighted by Crippen LogP contribution is 2.30. The van der Waals surface area contributed by atoms with Crippen LogP contribution in [0.2, 0.25) is 0 Å². The molecule has 25 heavy (non-hydrogen) atoms. The number of rotatable bonds is 4. The molecule has 0 fully saturated rings. The molecule has 0 radical (unpaired) electrons. The van der Waals surface area contributed by atoms with Gasteiger partial charge in [0, 0.05) is 16.2 Å². The number of hydrogen-bond acceptors (Lipinski definition) is 5. The van der Waals surface area contributed by atoms with Gasteiger partial charge in [0.2, 0.25) is 4.83 Å². The highest BCUT2D eigenvalue weighted by molar-refractivity contribution is 7.18. The minimum absolute atomic E-state index is 0.399. The van der Waals surface area contributed by atoms with Crippen molar-refractivity contribution in [3.8, 4) is 0 Å². The maximum absolute atomic E-state index is 4.64. The third kappa shape index (κ3) is 2.93. The lowest BCUT2D eigenvalue weighted by atomic mass is 10.1. The first kappa shape index (κ1) is 16.5. The summed E-state index contributed by atoms with van der Waals surface area (Å²) in [4.78, 5) is 17.1. The van der Waals surface area contributed by atoms with E-state index in [1.807, 2.05) is 6.33 Å². The number of hydrogen-bond donors (Lipinski definition) is 0. The second kappa shape index (κ2) is 6.42. The van der Waals surface area contributed by atoms with E-state index in [0.717, 1.165) is 21.9 Å². The van der Waals surface area contributed by atoms with Gasteiger partial charge < -0.3 is 0 Å². The van der Waals surface area contributed by atoms with Crippen LogP contribution in [0.5, 0.6) is 0 Å². The molecule has 0 saturated heterocycles. The summed E-state index contributed by atoms with van der Waals surface area (Å²) in [7, 11) is 0. The maximum atomic E-state index is 4.64. The van der Waals surface area contributed by atoms with Gasteiger partial charge in [-0.15, -0.1) is 11.3 Å². The number of fused-ring (bicyclic) bond motifs is 2. The Morgan fingerprint density at radius 3 is 2.60 bits per heavy atom. The van der Waals surface area contributed by atoms with Crippen LogP contribution in [0.15, 0.2) is 30.2 Å². The first-order valence-corrected chi connectivity index (χ1v) is 10.2. The monoisotopic (exact) mass is 369 g/mol. The van der Waals surface area contributed by atoms with Gasteiger partial charge in [-0.1, -0.05) is 39.0 Å². The molecule has 4 nitrogen and oxygen atoms in total. The lowest BCUT2D eigenvalue weighted by Crippen LogP contribution is -2.39. The van der Waals surface area contributed by atoms with Gasteiger partial charge in [-0.05, 0) is 28.4 Å². The van der Waals surface area contributed by atoms with Gasteiger partial charge in [-0.25, -0.2) is 14.5 Å². The van der Waals surface area contributed by atoms with Crippen molar-refractivity contribution in [2.45, 2.75) is 46.1 Å². The predicted molar refractivity (Wildman–Crippen MR) is 105 cm³/mol. The van der Waals surface area contributed by atoms with Crippen molar-refractivity contribution in [2.75, 3.05) is 0 Å². The molecule has 0 atom stereocenters. The fourth-order valence-corrected chi connectivity index (χ4v) is 5.08. The third-order valence-corrected chi connectivity index (χ3v) is 6.22. The van der Waals surface area contributed by atoms with Gasteiger partial charge in [0.25, 0.3) is 6.33 Å². The quantitative estimate of drug-likeness (QED) is 0.481. The van der Waals surface area contributed by atoms with Crippen LogP contribution in [0.25, 0.3) is 20.4 Å². The zero-order valence-electron chi connectivity index (χ0n) is 14.9. The molecule has 6 heteroatoms. The molecule has 0 unspecified atom stereocenters. The van der Waals surface area contributed by atoms with Crippen molar-refractivity contribution < 1.29 is 4.57 Å². The molecule has 4 rings (SSSR count). The molecule has 0 aliphatic carbocycles. The maximum Gasteiger partial charge on any atom is 0.288 e. The smallest absolute Gasteiger partial charge is 0.240 e. The standard InChI is InChI=1S/C19H21N4S2/c1-11(2)16-15-7-13(25-19(15)21-9-20-16)8-23-10-22-18-14(5-6-24-18)17(23)12(3)4/h5-7,9-12H,8H2,1-4H3/q+1. The van der Waals surface area contributed by atoms with Crippen molar-refractivity contribution in [1.29, 1.82) is 0 Å². The molecule has 0 aromatic carbocycles. The second-order valence-electron chi connectivity index (χ2n) is 6.90. The lowest BCUT2D eigenvalue weighted by Gasteiger charge is -2.09. The van der Waals surface area contributed by atoms with Crippen LogP contribution >= 0.6 is 22.7 Å². The lowest BCUT2D eigenvalue weighted by molar-refractivity contribution is -0.697. The van der Waals surface area contributed by atoms with E-state index in [1.54, 1.807) is 29.0 Å². The van der Waals surface area contributed by atoms with Gasteiger partial charge in [0.15, 0.2) is 0 Å². The first-order chi connectivity index (χ1) is 12.0. The van der Waals surface area contributed by atoms with Crippen LogP contribution in [0.1, 0.15) is 55.8 Å². The van der Waals surface area contributed by atoms with Crippen LogP contribution in [-0.4, -0.2) is 15.0 Å². The predicted octanol–water partition coefficient (Wildman–Crippen LogP) is 4.88. The van der Waals surface area contributed by atoms with Gasteiger partial charge in [0.05, 0.1) is 11.1 Å². The summed E-state index contributed by atoms with van der Waals surface area (Å²) in [6.45, 7) is 9.68. The van der Waals surface area contributed by atoms with E-state index in [1.165, 1.54) is 21.3 Å². The SMILES string of the molecule is CC(C)c1ncnc2sc(C[n+]3cnc4sccc4c3C(C)C)cc12. The highest BCUT2D eigenvalue weighted by atomic mass is 32.1. The highest BCUT2D eigenvalue weighted by Gasteiger charge is 2.20. The van der Waals surface area contributed by atoms with Gasteiger partial charge in [-0.3, -0.25) is 0 Å². The van der Waals surface area contributed by atoms with E-state index in [4.69, 9.17) is 0 Å². The van der Waals surface area contributed by atoms with Gasteiger partial charge in [-0.2, -0.15) is 0 Å². The zero-order chi connectivity index (χ0) is 17.6. The van der Waals surface area contributed by atoms with Crippen LogP contribution < -0.4 is 4.57 Å². The average Bonchev–Trinajstić information content (AvgIpc) is 3.19. The Hall–Kier alpha value is -1.92. The second-order valence-corrected chi connectivity index (χ2v) is 8.91. The van der Waals surface area contributed by atoms with Crippen LogP contribution in [0, 0.1) is 0 Å². The van der Waals surface area contributed by atoms with Crippen LogP contribution in [-0.2, 0) is 6.54 Å². The first-order valence-electron chi connectivity index (χ1n) is 8.53. The van der Waals surface area contributed by atoms with Crippen molar-refractivity contribution in [3.05, 3.63) is 46.4 Å². The van der Waals surface area contributed by atoms with Crippen LogP contribution in [0.4, 0.5) is 0 Å². The summed E-state index contributed by atoms with van der Waals surface area (Å²) in [6.07, 6.45) is 3.66. The Morgan fingerprint density at radius 1 is 1.00 bits per heavy atom. The van der Waals surface area contributed by atoms with Crippen molar-refractivity contribution in [2.24, 2.45) is 0 Å². The Kier molecular flexibility index (Phi) is 4.25. The summed E-state index contributed by atoms with van der Waals surface area (Å²) >= 11 is 3.46.